The van der Waals surface area contributed by atoms with Crippen molar-refractivity contribution in [3.8, 4) is 0 Å². The maximum atomic E-state index is 6.26. The van der Waals surface area contributed by atoms with Crippen molar-refractivity contribution in [2.75, 3.05) is 0 Å². The maximum absolute atomic E-state index is 6.26. The van der Waals surface area contributed by atoms with E-state index in [1.165, 1.54) is 38.1 Å². The van der Waals surface area contributed by atoms with Crippen molar-refractivity contribution in [3.05, 3.63) is 174 Å². The van der Waals surface area contributed by atoms with Crippen LogP contribution in [0.5, 0.6) is 0 Å². The summed E-state index contributed by atoms with van der Waals surface area (Å²) in [6, 6.07) is 57.1. The first-order valence-electron chi connectivity index (χ1n) is 12.6. The summed E-state index contributed by atoms with van der Waals surface area (Å²) in [5, 5.41) is 4.66. The molecule has 0 aliphatic rings. The molecule has 0 radical (unpaired) electrons. The van der Waals surface area contributed by atoms with E-state index in [0.29, 0.717) is 0 Å². The minimum Gasteiger partial charge on any atom is -0.779 e. The molecule has 38 heavy (non-hydrogen) atoms. The van der Waals surface area contributed by atoms with Gasteiger partial charge in [-0.25, -0.2) is 0 Å². The monoisotopic (exact) mass is 573 g/mol. The molecule has 0 fully saturated rings. The van der Waals surface area contributed by atoms with E-state index in [4.69, 9.17) is 12.6 Å². The molecular formula is C35H27CuPS+. The SMILES string of the molecule is [Cu+].[S-]c1ccc2ccccc2c1C(c1ccccc1)(c1ccccc1)[PH+](c1ccccc1)c1ccccc1. The fourth-order valence-corrected chi connectivity index (χ4v) is 9.80. The predicted molar refractivity (Wildman–Crippen MR) is 163 cm³/mol. The van der Waals surface area contributed by atoms with Crippen LogP contribution in [0.1, 0.15) is 16.7 Å². The van der Waals surface area contributed by atoms with Crippen molar-refractivity contribution in [3.63, 3.8) is 0 Å². The number of benzene rings is 6. The number of hydrogen-bond acceptors (Lipinski definition) is 1. The minimum atomic E-state index is -1.53. The van der Waals surface area contributed by atoms with Gasteiger partial charge in [0.2, 0.25) is 0 Å². The first-order valence-corrected chi connectivity index (χ1v) is 14.5. The summed E-state index contributed by atoms with van der Waals surface area (Å²) in [7, 11) is -1.53. The summed E-state index contributed by atoms with van der Waals surface area (Å²) in [6.45, 7) is 0. The molecule has 0 saturated heterocycles. The van der Waals surface area contributed by atoms with Crippen LogP contribution in [0.15, 0.2) is 163 Å². The number of rotatable bonds is 6. The zero-order valence-corrected chi connectivity index (χ0v) is 23.5. The van der Waals surface area contributed by atoms with Crippen LogP contribution in [0.3, 0.4) is 0 Å². The van der Waals surface area contributed by atoms with E-state index in [0.717, 1.165) is 4.90 Å². The predicted octanol–water partition coefficient (Wildman–Crippen LogP) is 7.90. The van der Waals surface area contributed by atoms with Crippen LogP contribution in [0, 0.1) is 0 Å². The van der Waals surface area contributed by atoms with Gasteiger partial charge in [0, 0.05) is 11.1 Å². The van der Waals surface area contributed by atoms with Crippen LogP contribution < -0.4 is 10.6 Å². The zero-order valence-electron chi connectivity index (χ0n) is 20.7. The average Bonchev–Trinajstić information content (AvgIpc) is 2.98. The third-order valence-electron chi connectivity index (χ3n) is 7.18. The molecule has 6 aromatic carbocycles. The fraction of sp³-hybridized carbons (Fsp3) is 0.0286. The quantitative estimate of drug-likeness (QED) is 0.0844. The van der Waals surface area contributed by atoms with Crippen LogP contribution in [0.2, 0.25) is 0 Å². The van der Waals surface area contributed by atoms with E-state index in [2.05, 4.69) is 158 Å². The van der Waals surface area contributed by atoms with Gasteiger partial charge in [0.25, 0.3) is 0 Å². The Morgan fingerprint density at radius 1 is 0.447 bits per heavy atom. The number of hydrogen-bond donors (Lipinski definition) is 0. The topological polar surface area (TPSA) is 0 Å². The summed E-state index contributed by atoms with van der Waals surface area (Å²) in [5.41, 5.74) is 3.76. The summed E-state index contributed by atoms with van der Waals surface area (Å²) < 4.78 is 0. The molecule has 0 atom stereocenters. The molecule has 0 bridgehead atoms. The van der Waals surface area contributed by atoms with Crippen molar-refractivity contribution in [2.24, 2.45) is 0 Å². The van der Waals surface area contributed by atoms with Crippen LogP contribution in [-0.2, 0) is 34.9 Å². The van der Waals surface area contributed by atoms with Gasteiger partial charge in [0.1, 0.15) is 0 Å². The Bertz CT molecular complexity index is 1540. The van der Waals surface area contributed by atoms with Gasteiger partial charge in [-0.05, 0) is 40.6 Å². The summed E-state index contributed by atoms with van der Waals surface area (Å²) in [5.74, 6) is 0. The maximum Gasteiger partial charge on any atom is 1.00 e. The van der Waals surface area contributed by atoms with Gasteiger partial charge in [-0.15, -0.1) is 0 Å². The van der Waals surface area contributed by atoms with Crippen molar-refractivity contribution in [2.45, 2.75) is 10.1 Å². The van der Waals surface area contributed by atoms with Gasteiger partial charge >= 0.3 is 17.1 Å². The molecule has 0 aliphatic carbocycles. The van der Waals surface area contributed by atoms with Crippen LogP contribution in [0.25, 0.3) is 10.8 Å². The zero-order chi connectivity index (χ0) is 25.1. The first kappa shape index (κ1) is 26.4. The molecule has 0 spiro atoms. The smallest absolute Gasteiger partial charge is 0.779 e. The second-order valence-electron chi connectivity index (χ2n) is 9.25. The Kier molecular flexibility index (Phi) is 8.08. The van der Waals surface area contributed by atoms with Crippen molar-refractivity contribution in [1.82, 2.24) is 0 Å². The molecule has 0 amide bonds. The van der Waals surface area contributed by atoms with Gasteiger partial charge < -0.3 is 12.6 Å². The molecule has 0 saturated carbocycles. The molecule has 188 valence electrons. The average molecular weight is 574 g/mol. The summed E-state index contributed by atoms with van der Waals surface area (Å²) in [6.07, 6.45) is 0. The molecule has 0 unspecified atom stereocenters. The molecule has 6 aromatic rings. The Hall–Kier alpha value is -3.25. The standard InChI is InChI=1S/C35H27PS.Cu/c37-33-26-25-27-15-13-14-24-32(27)34(33)35(28-16-5-1-6-17-28,29-18-7-2-8-19-29)36(30-20-9-3-10-21-30)31-22-11-4-12-23-31;/h1-26,37H;/q;+1. The molecule has 0 heterocycles. The molecule has 0 nitrogen and oxygen atoms in total. The van der Waals surface area contributed by atoms with E-state index in [1.807, 2.05) is 0 Å². The minimum absolute atomic E-state index is 0. The largest absolute Gasteiger partial charge is 1.00 e. The van der Waals surface area contributed by atoms with Crippen LogP contribution in [0.4, 0.5) is 0 Å². The van der Waals surface area contributed by atoms with Gasteiger partial charge in [-0.1, -0.05) is 133 Å². The van der Waals surface area contributed by atoms with Gasteiger partial charge in [0.05, 0.1) is 18.5 Å². The van der Waals surface area contributed by atoms with Crippen molar-refractivity contribution in [1.29, 1.82) is 0 Å². The van der Waals surface area contributed by atoms with Gasteiger partial charge in [-0.3, -0.25) is 0 Å². The van der Waals surface area contributed by atoms with E-state index in [1.54, 1.807) is 0 Å². The second-order valence-corrected chi connectivity index (χ2v) is 12.3. The molecule has 3 heteroatoms. The molecule has 6 rings (SSSR count). The van der Waals surface area contributed by atoms with E-state index >= 15 is 0 Å². The van der Waals surface area contributed by atoms with Gasteiger partial charge in [-0.2, -0.15) is 4.90 Å². The Morgan fingerprint density at radius 3 is 1.37 bits per heavy atom. The molecule has 0 aromatic heterocycles. The van der Waals surface area contributed by atoms with E-state index in [9.17, 15) is 0 Å². The molecular weight excluding hydrogens is 547 g/mol. The first-order chi connectivity index (χ1) is 18.3. The van der Waals surface area contributed by atoms with Crippen molar-refractivity contribution < 1.29 is 17.1 Å². The number of fused-ring (bicyclic) bond motifs is 1. The van der Waals surface area contributed by atoms with E-state index in [-0.39, 0.29) is 17.1 Å². The third kappa shape index (κ3) is 4.60. The normalized spacial score (nSPS) is 11.3. The Labute approximate surface area is 242 Å². The summed E-state index contributed by atoms with van der Waals surface area (Å²) >= 11 is 6.26. The molecule has 0 aliphatic heterocycles. The Balaban J connectivity index is 0.00000294. The third-order valence-corrected chi connectivity index (χ3v) is 10.9. The van der Waals surface area contributed by atoms with Crippen molar-refractivity contribution >= 4 is 41.9 Å². The van der Waals surface area contributed by atoms with Gasteiger partial charge in [0.15, 0.2) is 5.16 Å². The summed E-state index contributed by atoms with van der Waals surface area (Å²) in [4.78, 5) is 0.903. The fourth-order valence-electron chi connectivity index (χ4n) is 5.69. The van der Waals surface area contributed by atoms with E-state index < -0.39 is 13.1 Å². The second kappa shape index (κ2) is 11.6. The Morgan fingerprint density at radius 2 is 0.868 bits per heavy atom. The van der Waals surface area contributed by atoms with Crippen LogP contribution in [-0.4, -0.2) is 0 Å². The van der Waals surface area contributed by atoms with Crippen LogP contribution >= 0.6 is 7.92 Å². The molecule has 0 N–H and O–H groups in total.